The lowest BCUT2D eigenvalue weighted by Gasteiger charge is -2.22. The molecule has 5 heteroatoms. The number of carbonyl (C=O) groups is 1. The Kier molecular flexibility index (Phi) is 5.35. The van der Waals surface area contributed by atoms with Crippen LogP contribution in [-0.2, 0) is 0 Å². The van der Waals surface area contributed by atoms with E-state index in [1.807, 2.05) is 59.5 Å². The standard InChI is InChI=1S/C19H19NO3S/c21-11-9-20(10-12-22)15-7-5-14(6-8-15)13-18-19(23)16-3-1-2-4-17(16)24-18/h1-8,13,21-22H,9-12H2/b18-13-. The second-order valence-corrected chi connectivity index (χ2v) is 6.55. The van der Waals surface area contributed by atoms with Gasteiger partial charge in [-0.25, -0.2) is 0 Å². The zero-order valence-corrected chi connectivity index (χ0v) is 14.0. The van der Waals surface area contributed by atoms with Crippen LogP contribution < -0.4 is 4.90 Å². The van der Waals surface area contributed by atoms with Gasteiger partial charge in [0.15, 0.2) is 0 Å². The first-order chi connectivity index (χ1) is 11.7. The van der Waals surface area contributed by atoms with Crippen molar-refractivity contribution in [2.75, 3.05) is 31.2 Å². The van der Waals surface area contributed by atoms with E-state index in [4.69, 9.17) is 10.2 Å². The van der Waals surface area contributed by atoms with E-state index in [0.29, 0.717) is 13.1 Å². The molecule has 4 nitrogen and oxygen atoms in total. The number of nitrogens with zero attached hydrogens (tertiary/aromatic N) is 1. The predicted molar refractivity (Wildman–Crippen MR) is 97.4 cm³/mol. The number of thioether (sulfide) groups is 1. The van der Waals surface area contributed by atoms with Gasteiger partial charge in [-0.2, -0.15) is 0 Å². The van der Waals surface area contributed by atoms with Gasteiger partial charge in [0, 0.05) is 29.2 Å². The number of carbonyl (C=O) groups excluding carboxylic acids is 1. The summed E-state index contributed by atoms with van der Waals surface area (Å²) in [6.07, 6.45) is 1.90. The molecule has 2 aromatic carbocycles. The van der Waals surface area contributed by atoms with Crippen molar-refractivity contribution in [1.82, 2.24) is 0 Å². The van der Waals surface area contributed by atoms with Gasteiger partial charge in [0.25, 0.3) is 0 Å². The SMILES string of the molecule is O=C1/C(=C/c2ccc(N(CCO)CCO)cc2)Sc2ccccc21. The number of aliphatic hydroxyl groups excluding tert-OH is 2. The molecule has 0 aromatic heterocycles. The fourth-order valence-electron chi connectivity index (χ4n) is 2.68. The number of fused-ring (bicyclic) bond motifs is 1. The molecule has 124 valence electrons. The maximum atomic E-state index is 12.4. The van der Waals surface area contributed by atoms with Crippen LogP contribution in [-0.4, -0.2) is 42.3 Å². The topological polar surface area (TPSA) is 60.8 Å². The molecule has 0 amide bonds. The highest BCUT2D eigenvalue weighted by Gasteiger charge is 2.24. The third-order valence-corrected chi connectivity index (χ3v) is 4.97. The second kappa shape index (κ2) is 7.66. The summed E-state index contributed by atoms with van der Waals surface area (Å²) in [4.78, 5) is 16.0. The summed E-state index contributed by atoms with van der Waals surface area (Å²) in [5.74, 6) is 0.0712. The lowest BCUT2D eigenvalue weighted by atomic mass is 10.1. The van der Waals surface area contributed by atoms with E-state index in [1.165, 1.54) is 11.8 Å². The first kappa shape index (κ1) is 16.8. The van der Waals surface area contributed by atoms with Crippen molar-refractivity contribution in [3.8, 4) is 0 Å². The van der Waals surface area contributed by atoms with E-state index in [-0.39, 0.29) is 19.0 Å². The Morgan fingerprint density at radius 2 is 1.62 bits per heavy atom. The zero-order valence-electron chi connectivity index (χ0n) is 13.2. The van der Waals surface area contributed by atoms with E-state index in [0.717, 1.165) is 26.6 Å². The van der Waals surface area contributed by atoms with E-state index in [1.54, 1.807) is 0 Å². The summed E-state index contributed by atoms with van der Waals surface area (Å²) in [5, 5.41) is 18.2. The maximum absolute atomic E-state index is 12.4. The van der Waals surface area contributed by atoms with Crippen molar-refractivity contribution in [1.29, 1.82) is 0 Å². The van der Waals surface area contributed by atoms with Crippen LogP contribution in [0.5, 0.6) is 0 Å². The molecule has 0 saturated carbocycles. The summed E-state index contributed by atoms with van der Waals surface area (Å²) in [6, 6.07) is 15.4. The molecule has 0 atom stereocenters. The molecule has 2 aromatic rings. The molecule has 1 aliphatic rings. The number of anilines is 1. The number of hydrogen-bond donors (Lipinski definition) is 2. The Hall–Kier alpha value is -2.08. The third kappa shape index (κ3) is 3.53. The van der Waals surface area contributed by atoms with Crippen LogP contribution in [0.2, 0.25) is 0 Å². The molecule has 2 N–H and O–H groups in total. The summed E-state index contributed by atoms with van der Waals surface area (Å²) >= 11 is 1.50. The van der Waals surface area contributed by atoms with Gasteiger partial charge in [-0.1, -0.05) is 36.0 Å². The van der Waals surface area contributed by atoms with Crippen LogP contribution in [0, 0.1) is 0 Å². The Labute approximate surface area is 145 Å². The van der Waals surface area contributed by atoms with Gasteiger partial charge in [0.05, 0.1) is 18.1 Å². The van der Waals surface area contributed by atoms with Crippen molar-refractivity contribution in [2.24, 2.45) is 0 Å². The third-order valence-electron chi connectivity index (χ3n) is 3.87. The number of hydrogen-bond acceptors (Lipinski definition) is 5. The largest absolute Gasteiger partial charge is 0.395 e. The number of Topliss-reactive ketones (excluding diaryl/α,β-unsaturated/α-hetero) is 1. The van der Waals surface area contributed by atoms with Crippen LogP contribution >= 0.6 is 11.8 Å². The number of rotatable bonds is 6. The first-order valence-corrected chi connectivity index (χ1v) is 8.64. The van der Waals surface area contributed by atoms with Gasteiger partial charge in [0.2, 0.25) is 5.78 Å². The van der Waals surface area contributed by atoms with Crippen LogP contribution in [0.15, 0.2) is 58.3 Å². The quantitative estimate of drug-likeness (QED) is 0.791. The number of aliphatic hydroxyl groups is 2. The molecule has 1 heterocycles. The van der Waals surface area contributed by atoms with E-state index >= 15 is 0 Å². The highest BCUT2D eigenvalue weighted by molar-refractivity contribution is 8.04. The lowest BCUT2D eigenvalue weighted by molar-refractivity contribution is 0.104. The fourth-order valence-corrected chi connectivity index (χ4v) is 3.73. The molecule has 0 radical (unpaired) electrons. The van der Waals surface area contributed by atoms with E-state index in [9.17, 15) is 4.79 Å². The van der Waals surface area contributed by atoms with Crippen LogP contribution in [0.25, 0.3) is 6.08 Å². The second-order valence-electron chi connectivity index (χ2n) is 5.46. The first-order valence-electron chi connectivity index (χ1n) is 7.83. The van der Waals surface area contributed by atoms with Gasteiger partial charge in [-0.15, -0.1) is 0 Å². The molecule has 0 spiro atoms. The van der Waals surface area contributed by atoms with Crippen LogP contribution in [0.4, 0.5) is 5.69 Å². The van der Waals surface area contributed by atoms with Crippen molar-refractivity contribution >= 4 is 29.3 Å². The van der Waals surface area contributed by atoms with Gasteiger partial charge in [0.1, 0.15) is 0 Å². The summed E-state index contributed by atoms with van der Waals surface area (Å²) < 4.78 is 0. The highest BCUT2D eigenvalue weighted by Crippen LogP contribution is 2.40. The van der Waals surface area contributed by atoms with Gasteiger partial charge >= 0.3 is 0 Å². The summed E-state index contributed by atoms with van der Waals surface area (Å²) in [7, 11) is 0. The predicted octanol–water partition coefficient (Wildman–Crippen LogP) is 2.81. The molecule has 24 heavy (non-hydrogen) atoms. The van der Waals surface area contributed by atoms with Gasteiger partial charge in [-0.05, 0) is 35.9 Å². The number of benzene rings is 2. The summed E-state index contributed by atoms with van der Waals surface area (Å²) in [6.45, 7) is 1.03. The van der Waals surface area contributed by atoms with Crippen LogP contribution in [0.3, 0.4) is 0 Å². The minimum atomic E-state index is 0.0369. The van der Waals surface area contributed by atoms with Gasteiger partial charge in [-0.3, -0.25) is 4.79 Å². The number of allylic oxidation sites excluding steroid dienone is 1. The fraction of sp³-hybridized carbons (Fsp3) is 0.211. The average molecular weight is 341 g/mol. The molecule has 0 unspecified atom stereocenters. The molecular weight excluding hydrogens is 322 g/mol. The molecule has 0 saturated heterocycles. The monoisotopic (exact) mass is 341 g/mol. The Morgan fingerprint density at radius 1 is 0.958 bits per heavy atom. The van der Waals surface area contributed by atoms with Crippen molar-refractivity contribution in [2.45, 2.75) is 4.90 Å². The van der Waals surface area contributed by atoms with Gasteiger partial charge < -0.3 is 15.1 Å². The molecule has 1 aliphatic heterocycles. The van der Waals surface area contributed by atoms with Crippen molar-refractivity contribution in [3.05, 3.63) is 64.6 Å². The normalized spacial score (nSPS) is 14.9. The Morgan fingerprint density at radius 3 is 2.25 bits per heavy atom. The Balaban J connectivity index is 1.78. The maximum Gasteiger partial charge on any atom is 0.200 e. The van der Waals surface area contributed by atoms with Crippen LogP contribution in [0.1, 0.15) is 15.9 Å². The molecule has 0 fully saturated rings. The number of ketones is 1. The smallest absolute Gasteiger partial charge is 0.200 e. The van der Waals surface area contributed by atoms with Crippen molar-refractivity contribution < 1.29 is 15.0 Å². The minimum absolute atomic E-state index is 0.0369. The van der Waals surface area contributed by atoms with Crippen molar-refractivity contribution in [3.63, 3.8) is 0 Å². The minimum Gasteiger partial charge on any atom is -0.395 e. The highest BCUT2D eigenvalue weighted by atomic mass is 32.2. The molecular formula is C19H19NO3S. The average Bonchev–Trinajstić information content (AvgIpc) is 2.92. The molecule has 0 bridgehead atoms. The molecule has 0 aliphatic carbocycles. The lowest BCUT2D eigenvalue weighted by Crippen LogP contribution is -2.29. The van der Waals surface area contributed by atoms with E-state index in [2.05, 4.69) is 0 Å². The Bertz CT molecular complexity index is 749. The van der Waals surface area contributed by atoms with E-state index < -0.39 is 0 Å². The zero-order chi connectivity index (χ0) is 16.9. The summed E-state index contributed by atoms with van der Waals surface area (Å²) in [5.41, 5.74) is 2.66. The molecule has 3 rings (SSSR count).